The normalized spacial score (nSPS) is 10.6. The second-order valence-corrected chi connectivity index (χ2v) is 5.21. The first-order valence-corrected chi connectivity index (χ1v) is 7.00. The number of carboxylic acid groups (broad SMARTS) is 1. The molecule has 0 atom stereocenters. The van der Waals surface area contributed by atoms with Crippen LogP contribution in [0.4, 0.5) is 0 Å². The summed E-state index contributed by atoms with van der Waals surface area (Å²) in [6, 6.07) is 9.14. The van der Waals surface area contributed by atoms with Gasteiger partial charge in [0, 0.05) is 12.1 Å². The van der Waals surface area contributed by atoms with E-state index >= 15 is 0 Å². The standard InChI is InChI=1S/C17H19NO3/c1-4-9-18-15(8-7-14(16(18)19)17(20)21)13-6-5-11(2)10-12(13)3/h5-8,10H,4,9H2,1-3H3,(H,20,21). The van der Waals surface area contributed by atoms with Crippen molar-refractivity contribution in [3.63, 3.8) is 0 Å². The Morgan fingerprint density at radius 1 is 1.19 bits per heavy atom. The molecule has 0 saturated heterocycles. The molecular weight excluding hydrogens is 266 g/mol. The van der Waals surface area contributed by atoms with Gasteiger partial charge in [0.2, 0.25) is 0 Å². The fourth-order valence-corrected chi connectivity index (χ4v) is 2.52. The lowest BCUT2D eigenvalue weighted by Gasteiger charge is -2.15. The molecule has 0 amide bonds. The molecule has 2 rings (SSSR count). The molecule has 110 valence electrons. The van der Waals surface area contributed by atoms with Crippen molar-refractivity contribution in [1.29, 1.82) is 0 Å². The maximum atomic E-state index is 12.4. The van der Waals surface area contributed by atoms with Crippen molar-refractivity contribution in [3.05, 3.63) is 57.4 Å². The number of hydrogen-bond acceptors (Lipinski definition) is 2. The highest BCUT2D eigenvalue weighted by atomic mass is 16.4. The molecule has 0 aliphatic heterocycles. The fraction of sp³-hybridized carbons (Fsp3) is 0.294. The summed E-state index contributed by atoms with van der Waals surface area (Å²) in [5.74, 6) is -1.18. The molecule has 4 heteroatoms. The Hall–Kier alpha value is -2.36. The molecule has 1 aromatic carbocycles. The molecule has 0 fully saturated rings. The van der Waals surface area contributed by atoms with Gasteiger partial charge in [0.25, 0.3) is 5.56 Å². The zero-order chi connectivity index (χ0) is 15.6. The van der Waals surface area contributed by atoms with Crippen LogP contribution >= 0.6 is 0 Å². The number of benzene rings is 1. The fourth-order valence-electron chi connectivity index (χ4n) is 2.52. The molecule has 0 aliphatic rings. The Balaban J connectivity index is 2.71. The molecule has 0 aliphatic carbocycles. The van der Waals surface area contributed by atoms with Crippen LogP contribution in [0.5, 0.6) is 0 Å². The van der Waals surface area contributed by atoms with Gasteiger partial charge in [-0.05, 0) is 38.0 Å². The lowest BCUT2D eigenvalue weighted by atomic mass is 10.0. The van der Waals surface area contributed by atoms with Crippen LogP contribution in [0, 0.1) is 13.8 Å². The van der Waals surface area contributed by atoms with E-state index in [4.69, 9.17) is 5.11 Å². The molecule has 1 heterocycles. The van der Waals surface area contributed by atoms with Gasteiger partial charge in [-0.3, -0.25) is 4.79 Å². The topological polar surface area (TPSA) is 59.3 Å². The monoisotopic (exact) mass is 285 g/mol. The summed E-state index contributed by atoms with van der Waals surface area (Å²) in [6.07, 6.45) is 0.765. The third kappa shape index (κ3) is 2.89. The van der Waals surface area contributed by atoms with Crippen molar-refractivity contribution in [2.75, 3.05) is 0 Å². The molecule has 0 spiro atoms. The van der Waals surface area contributed by atoms with Gasteiger partial charge in [0.15, 0.2) is 0 Å². The van der Waals surface area contributed by atoms with Crippen molar-refractivity contribution in [2.45, 2.75) is 33.7 Å². The Morgan fingerprint density at radius 3 is 2.48 bits per heavy atom. The largest absolute Gasteiger partial charge is 0.477 e. The highest BCUT2D eigenvalue weighted by Gasteiger charge is 2.15. The highest BCUT2D eigenvalue weighted by Crippen LogP contribution is 2.24. The van der Waals surface area contributed by atoms with Gasteiger partial charge in [0.05, 0.1) is 5.69 Å². The third-order valence-electron chi connectivity index (χ3n) is 3.51. The average molecular weight is 285 g/mol. The van der Waals surface area contributed by atoms with Gasteiger partial charge in [-0.15, -0.1) is 0 Å². The molecule has 0 bridgehead atoms. The second kappa shape index (κ2) is 5.95. The van der Waals surface area contributed by atoms with Crippen LogP contribution in [0.3, 0.4) is 0 Å². The summed E-state index contributed by atoms with van der Waals surface area (Å²) >= 11 is 0. The molecule has 21 heavy (non-hydrogen) atoms. The van der Waals surface area contributed by atoms with Crippen LogP contribution in [0.2, 0.25) is 0 Å². The quantitative estimate of drug-likeness (QED) is 0.938. The van der Waals surface area contributed by atoms with Crippen LogP contribution in [-0.4, -0.2) is 15.6 Å². The predicted molar refractivity (Wildman–Crippen MR) is 82.9 cm³/mol. The van der Waals surface area contributed by atoms with Crippen molar-refractivity contribution in [2.24, 2.45) is 0 Å². The highest BCUT2D eigenvalue weighted by molar-refractivity contribution is 5.87. The molecular formula is C17H19NO3. The Labute approximate surface area is 123 Å². The van der Waals surface area contributed by atoms with E-state index in [0.717, 1.165) is 28.8 Å². The Morgan fingerprint density at radius 2 is 1.90 bits per heavy atom. The molecule has 2 aromatic rings. The zero-order valence-corrected chi connectivity index (χ0v) is 12.5. The molecule has 1 N–H and O–H groups in total. The van der Waals surface area contributed by atoms with Gasteiger partial charge in [0.1, 0.15) is 5.56 Å². The number of hydrogen-bond donors (Lipinski definition) is 1. The Kier molecular flexibility index (Phi) is 4.26. The lowest BCUT2D eigenvalue weighted by Crippen LogP contribution is -2.27. The van der Waals surface area contributed by atoms with Gasteiger partial charge in [-0.2, -0.15) is 0 Å². The first kappa shape index (κ1) is 15.0. The molecule has 1 aromatic heterocycles. The van der Waals surface area contributed by atoms with Crippen molar-refractivity contribution >= 4 is 5.97 Å². The van der Waals surface area contributed by atoms with Gasteiger partial charge < -0.3 is 9.67 Å². The summed E-state index contributed by atoms with van der Waals surface area (Å²) < 4.78 is 1.56. The van der Waals surface area contributed by atoms with Crippen LogP contribution in [0.15, 0.2) is 35.1 Å². The van der Waals surface area contributed by atoms with Crippen molar-refractivity contribution in [3.8, 4) is 11.3 Å². The van der Waals surface area contributed by atoms with E-state index in [9.17, 15) is 9.59 Å². The van der Waals surface area contributed by atoms with E-state index < -0.39 is 11.5 Å². The van der Waals surface area contributed by atoms with E-state index in [0.29, 0.717) is 6.54 Å². The lowest BCUT2D eigenvalue weighted by molar-refractivity contribution is 0.0694. The number of carbonyl (C=O) groups is 1. The predicted octanol–water partition coefficient (Wildman–Crippen LogP) is 3.24. The number of rotatable bonds is 4. The minimum absolute atomic E-state index is 0.183. The molecule has 0 radical (unpaired) electrons. The zero-order valence-electron chi connectivity index (χ0n) is 12.5. The number of nitrogens with zero attached hydrogens (tertiary/aromatic N) is 1. The van der Waals surface area contributed by atoms with Crippen molar-refractivity contribution < 1.29 is 9.90 Å². The van der Waals surface area contributed by atoms with E-state index in [-0.39, 0.29) is 5.56 Å². The molecule has 0 saturated carbocycles. The minimum atomic E-state index is -1.18. The van der Waals surface area contributed by atoms with Gasteiger partial charge in [-0.25, -0.2) is 4.79 Å². The minimum Gasteiger partial charge on any atom is -0.477 e. The van der Waals surface area contributed by atoms with Crippen molar-refractivity contribution in [1.82, 2.24) is 4.57 Å². The first-order valence-electron chi connectivity index (χ1n) is 7.00. The Bertz CT molecular complexity index is 744. The number of aromatic nitrogens is 1. The maximum Gasteiger partial charge on any atom is 0.341 e. The number of aromatic carboxylic acids is 1. The average Bonchev–Trinajstić information content (AvgIpc) is 2.41. The van der Waals surface area contributed by atoms with Crippen LogP contribution < -0.4 is 5.56 Å². The van der Waals surface area contributed by atoms with Gasteiger partial charge >= 0.3 is 5.97 Å². The van der Waals surface area contributed by atoms with Crippen LogP contribution in [-0.2, 0) is 6.54 Å². The van der Waals surface area contributed by atoms with Crippen LogP contribution in [0.1, 0.15) is 34.8 Å². The number of aryl methyl sites for hydroxylation is 2. The number of pyridine rings is 1. The summed E-state index contributed by atoms with van der Waals surface area (Å²) in [5.41, 5.74) is 3.33. The second-order valence-electron chi connectivity index (χ2n) is 5.21. The van der Waals surface area contributed by atoms with Crippen LogP contribution in [0.25, 0.3) is 11.3 Å². The molecule has 4 nitrogen and oxygen atoms in total. The maximum absolute atomic E-state index is 12.4. The van der Waals surface area contributed by atoms with E-state index in [1.807, 2.05) is 32.9 Å². The van der Waals surface area contributed by atoms with Gasteiger partial charge in [-0.1, -0.05) is 30.7 Å². The SMILES string of the molecule is CCCn1c(-c2ccc(C)cc2C)ccc(C(=O)O)c1=O. The summed E-state index contributed by atoms with van der Waals surface area (Å²) in [6.45, 7) is 6.48. The van der Waals surface area contributed by atoms with E-state index in [1.165, 1.54) is 6.07 Å². The summed E-state index contributed by atoms with van der Waals surface area (Å²) in [5, 5.41) is 9.10. The first-order chi connectivity index (χ1) is 9.95. The number of carboxylic acids is 1. The summed E-state index contributed by atoms with van der Waals surface area (Å²) in [7, 11) is 0. The smallest absolute Gasteiger partial charge is 0.341 e. The van der Waals surface area contributed by atoms with E-state index in [2.05, 4.69) is 6.07 Å². The summed E-state index contributed by atoms with van der Waals surface area (Å²) in [4.78, 5) is 23.5. The van der Waals surface area contributed by atoms with E-state index in [1.54, 1.807) is 10.6 Å². The molecule has 0 unspecified atom stereocenters. The third-order valence-corrected chi connectivity index (χ3v) is 3.51.